The molecule has 0 spiro atoms. The van der Waals surface area contributed by atoms with E-state index >= 15 is 0 Å². The highest BCUT2D eigenvalue weighted by Crippen LogP contribution is 2.26. The number of nitrogens with zero attached hydrogens (tertiary/aromatic N) is 1. The van der Waals surface area contributed by atoms with Gasteiger partial charge in [-0.25, -0.2) is 0 Å². The van der Waals surface area contributed by atoms with E-state index in [1.807, 2.05) is 6.07 Å². The molecule has 0 aliphatic carbocycles. The van der Waals surface area contributed by atoms with E-state index in [0.29, 0.717) is 11.3 Å². The standard InChI is InChI=1S/C11H9F3N2O2/c12-11(13,14)9(10(17)18)6-16-8-3-1-7(5-15)2-4-8/h1-4,9,16H,6H2,(H,17,18). The summed E-state index contributed by atoms with van der Waals surface area (Å²) in [5.74, 6) is -4.39. The lowest BCUT2D eigenvalue weighted by molar-refractivity contribution is -0.190. The third-order valence-corrected chi connectivity index (χ3v) is 2.22. The molecule has 0 amide bonds. The zero-order valence-electron chi connectivity index (χ0n) is 9.03. The Hall–Kier alpha value is -2.23. The van der Waals surface area contributed by atoms with Crippen LogP contribution >= 0.6 is 0 Å². The number of benzene rings is 1. The van der Waals surface area contributed by atoms with E-state index in [2.05, 4.69) is 5.32 Å². The molecule has 1 aromatic carbocycles. The summed E-state index contributed by atoms with van der Waals surface area (Å²) < 4.78 is 37.0. The van der Waals surface area contributed by atoms with Gasteiger partial charge in [0.1, 0.15) is 0 Å². The van der Waals surface area contributed by atoms with Gasteiger partial charge in [0.25, 0.3) is 0 Å². The van der Waals surface area contributed by atoms with E-state index in [4.69, 9.17) is 10.4 Å². The highest BCUT2D eigenvalue weighted by atomic mass is 19.4. The Labute approximate surface area is 101 Å². The summed E-state index contributed by atoms with van der Waals surface area (Å²) in [6, 6.07) is 7.53. The van der Waals surface area contributed by atoms with Crippen LogP contribution in [0.1, 0.15) is 5.56 Å². The molecule has 0 heterocycles. The average Bonchev–Trinajstić information content (AvgIpc) is 2.28. The lowest BCUT2D eigenvalue weighted by Crippen LogP contribution is -2.36. The number of carboxylic acids is 1. The zero-order chi connectivity index (χ0) is 13.8. The number of halogens is 3. The third kappa shape index (κ3) is 3.66. The van der Waals surface area contributed by atoms with Crippen LogP contribution in [0.4, 0.5) is 18.9 Å². The quantitative estimate of drug-likeness (QED) is 0.868. The summed E-state index contributed by atoms with van der Waals surface area (Å²) in [5, 5.41) is 19.4. The third-order valence-electron chi connectivity index (χ3n) is 2.22. The number of nitriles is 1. The minimum atomic E-state index is -4.80. The predicted molar refractivity (Wildman–Crippen MR) is 56.8 cm³/mol. The number of carboxylic acid groups (broad SMARTS) is 1. The van der Waals surface area contributed by atoms with Gasteiger partial charge in [0.2, 0.25) is 0 Å². The number of aliphatic carboxylic acids is 1. The van der Waals surface area contributed by atoms with Gasteiger partial charge < -0.3 is 10.4 Å². The smallest absolute Gasteiger partial charge is 0.403 e. The van der Waals surface area contributed by atoms with E-state index in [1.165, 1.54) is 24.3 Å². The van der Waals surface area contributed by atoms with Crippen molar-refractivity contribution in [3.05, 3.63) is 29.8 Å². The second-order valence-corrected chi connectivity index (χ2v) is 3.50. The summed E-state index contributed by atoms with van der Waals surface area (Å²) in [7, 11) is 0. The van der Waals surface area contributed by atoms with E-state index in [-0.39, 0.29) is 0 Å². The molecule has 18 heavy (non-hydrogen) atoms. The highest BCUT2D eigenvalue weighted by molar-refractivity contribution is 5.71. The largest absolute Gasteiger partial charge is 0.481 e. The van der Waals surface area contributed by atoms with Crippen molar-refractivity contribution in [2.75, 3.05) is 11.9 Å². The number of hydrogen-bond donors (Lipinski definition) is 2. The van der Waals surface area contributed by atoms with Gasteiger partial charge in [-0.3, -0.25) is 4.79 Å². The van der Waals surface area contributed by atoms with Crippen LogP contribution in [0.3, 0.4) is 0 Å². The summed E-state index contributed by atoms with van der Waals surface area (Å²) >= 11 is 0. The molecule has 7 heteroatoms. The first kappa shape index (κ1) is 13.8. The minimum absolute atomic E-state index is 0.324. The van der Waals surface area contributed by atoms with Gasteiger partial charge in [0.15, 0.2) is 5.92 Å². The van der Waals surface area contributed by atoms with E-state index in [0.717, 1.165) is 0 Å². The van der Waals surface area contributed by atoms with E-state index < -0.39 is 24.6 Å². The molecule has 1 rings (SSSR count). The Kier molecular flexibility index (Phi) is 4.15. The fourth-order valence-electron chi connectivity index (χ4n) is 1.23. The summed E-state index contributed by atoms with van der Waals surface area (Å²) in [4.78, 5) is 10.5. The fourth-order valence-corrected chi connectivity index (χ4v) is 1.23. The molecule has 0 bridgehead atoms. The molecule has 1 unspecified atom stereocenters. The number of hydrogen-bond acceptors (Lipinski definition) is 3. The molecule has 4 nitrogen and oxygen atoms in total. The number of nitrogens with one attached hydrogen (secondary N) is 1. The maximum Gasteiger partial charge on any atom is 0.403 e. The number of anilines is 1. The van der Waals surface area contributed by atoms with Crippen LogP contribution in [-0.2, 0) is 4.79 Å². The first-order valence-electron chi connectivity index (χ1n) is 4.88. The van der Waals surface area contributed by atoms with Crippen LogP contribution < -0.4 is 5.32 Å². The lowest BCUT2D eigenvalue weighted by Gasteiger charge is -2.17. The molecule has 0 saturated carbocycles. The monoisotopic (exact) mass is 258 g/mol. The van der Waals surface area contributed by atoms with Crippen molar-refractivity contribution in [2.45, 2.75) is 6.18 Å². The van der Waals surface area contributed by atoms with Crippen molar-refractivity contribution in [3.8, 4) is 6.07 Å². The van der Waals surface area contributed by atoms with Crippen molar-refractivity contribution < 1.29 is 23.1 Å². The highest BCUT2D eigenvalue weighted by Gasteiger charge is 2.44. The molecule has 96 valence electrons. The SMILES string of the molecule is N#Cc1ccc(NCC(C(=O)O)C(F)(F)F)cc1. The fraction of sp³-hybridized carbons (Fsp3) is 0.273. The Balaban J connectivity index is 2.68. The zero-order valence-corrected chi connectivity index (χ0v) is 9.03. The van der Waals surface area contributed by atoms with Gasteiger partial charge in [-0.2, -0.15) is 18.4 Å². The van der Waals surface area contributed by atoms with Crippen molar-refractivity contribution in [2.24, 2.45) is 5.92 Å². The van der Waals surface area contributed by atoms with Crippen LogP contribution in [0, 0.1) is 17.2 Å². The first-order valence-corrected chi connectivity index (χ1v) is 4.88. The van der Waals surface area contributed by atoms with Crippen molar-refractivity contribution in [1.29, 1.82) is 5.26 Å². The molecule has 1 atom stereocenters. The van der Waals surface area contributed by atoms with Gasteiger partial charge in [-0.15, -0.1) is 0 Å². The second kappa shape index (κ2) is 5.40. The maximum absolute atomic E-state index is 12.3. The maximum atomic E-state index is 12.3. The Morgan fingerprint density at radius 3 is 2.33 bits per heavy atom. The van der Waals surface area contributed by atoms with Crippen LogP contribution in [-0.4, -0.2) is 23.8 Å². The average molecular weight is 258 g/mol. The Morgan fingerprint density at radius 2 is 1.94 bits per heavy atom. The van der Waals surface area contributed by atoms with Crippen molar-refractivity contribution in [3.63, 3.8) is 0 Å². The molecular formula is C11H9F3N2O2. The minimum Gasteiger partial charge on any atom is -0.481 e. The Morgan fingerprint density at radius 1 is 1.39 bits per heavy atom. The van der Waals surface area contributed by atoms with Crippen LogP contribution in [0.2, 0.25) is 0 Å². The van der Waals surface area contributed by atoms with Gasteiger partial charge in [-0.05, 0) is 24.3 Å². The summed E-state index contributed by atoms with van der Waals surface area (Å²) in [6.45, 7) is -0.759. The predicted octanol–water partition coefficient (Wildman–Crippen LogP) is 2.23. The van der Waals surface area contributed by atoms with Crippen molar-refractivity contribution >= 4 is 11.7 Å². The van der Waals surface area contributed by atoms with Crippen molar-refractivity contribution in [1.82, 2.24) is 0 Å². The van der Waals surface area contributed by atoms with Gasteiger partial charge in [-0.1, -0.05) is 0 Å². The second-order valence-electron chi connectivity index (χ2n) is 3.50. The van der Waals surface area contributed by atoms with E-state index in [9.17, 15) is 18.0 Å². The number of alkyl halides is 3. The van der Waals surface area contributed by atoms with Gasteiger partial charge in [0, 0.05) is 12.2 Å². The number of rotatable bonds is 4. The topological polar surface area (TPSA) is 73.1 Å². The van der Waals surface area contributed by atoms with Crippen LogP contribution in [0.15, 0.2) is 24.3 Å². The summed E-state index contributed by atoms with van der Waals surface area (Å²) in [6.07, 6.45) is -4.80. The van der Waals surface area contributed by atoms with Crippen LogP contribution in [0.25, 0.3) is 0 Å². The molecule has 1 aromatic rings. The molecule has 0 radical (unpaired) electrons. The molecule has 0 fully saturated rings. The molecule has 0 aliphatic heterocycles. The molecule has 0 saturated heterocycles. The Bertz CT molecular complexity index is 463. The number of carbonyl (C=O) groups is 1. The van der Waals surface area contributed by atoms with Crippen LogP contribution in [0.5, 0.6) is 0 Å². The lowest BCUT2D eigenvalue weighted by atomic mass is 10.1. The normalized spacial score (nSPS) is 12.6. The van der Waals surface area contributed by atoms with E-state index in [1.54, 1.807) is 0 Å². The molecule has 0 aliphatic rings. The summed E-state index contributed by atoms with van der Waals surface area (Å²) in [5.41, 5.74) is 0.690. The molecular weight excluding hydrogens is 249 g/mol. The first-order chi connectivity index (χ1) is 8.34. The van der Waals surface area contributed by atoms with Gasteiger partial charge in [0.05, 0.1) is 11.6 Å². The molecule has 2 N–H and O–H groups in total. The van der Waals surface area contributed by atoms with Gasteiger partial charge >= 0.3 is 12.1 Å². The molecule has 0 aromatic heterocycles.